The lowest BCUT2D eigenvalue weighted by molar-refractivity contribution is 0.653. The highest BCUT2D eigenvalue weighted by molar-refractivity contribution is 6.08. The average molecular weight is 566 g/mol. The van der Waals surface area contributed by atoms with Crippen LogP contribution < -0.4 is 0 Å². The molecule has 4 nitrogen and oxygen atoms in total. The van der Waals surface area contributed by atoms with Gasteiger partial charge in [0.1, 0.15) is 5.58 Å². The Kier molecular flexibility index (Phi) is 6.31. The minimum Gasteiger partial charge on any atom is -0.437 e. The van der Waals surface area contributed by atoms with Crippen LogP contribution >= 0.6 is 0 Å². The largest absolute Gasteiger partial charge is 0.437 e. The third-order valence-electron chi connectivity index (χ3n) is 8.16. The van der Waals surface area contributed by atoms with Crippen LogP contribution in [0.2, 0.25) is 0 Å². The van der Waals surface area contributed by atoms with Gasteiger partial charge < -0.3 is 4.42 Å². The number of furan rings is 1. The third kappa shape index (κ3) is 4.63. The number of aryl methyl sites for hydroxylation is 1. The third-order valence-corrected chi connectivity index (χ3v) is 8.16. The fourth-order valence-corrected chi connectivity index (χ4v) is 5.96. The predicted molar refractivity (Wildman–Crippen MR) is 179 cm³/mol. The molecule has 0 radical (unpaired) electrons. The lowest BCUT2D eigenvalue weighted by atomic mass is 9.92. The van der Waals surface area contributed by atoms with Crippen molar-refractivity contribution in [3.63, 3.8) is 0 Å². The number of rotatable bonds is 5. The highest BCUT2D eigenvalue weighted by Gasteiger charge is 2.14. The molecule has 4 aromatic heterocycles. The summed E-state index contributed by atoms with van der Waals surface area (Å²) in [6.07, 6.45) is 5.62. The van der Waals surface area contributed by atoms with Gasteiger partial charge in [-0.2, -0.15) is 0 Å². The molecule has 8 aromatic rings. The second kappa shape index (κ2) is 10.8. The molecule has 0 unspecified atom stereocenters. The molecular weight excluding hydrogens is 538 g/mol. The highest BCUT2D eigenvalue weighted by Crippen LogP contribution is 2.37. The molecule has 4 aromatic carbocycles. The highest BCUT2D eigenvalue weighted by atomic mass is 16.3. The first kappa shape index (κ1) is 25.8. The Bertz CT molecular complexity index is 2290. The van der Waals surface area contributed by atoms with E-state index in [0.717, 1.165) is 55.6 Å². The minimum absolute atomic E-state index is 0.658. The molecule has 0 amide bonds. The van der Waals surface area contributed by atoms with Crippen LogP contribution in [0.3, 0.4) is 0 Å². The minimum atomic E-state index is 0.658. The smallest absolute Gasteiger partial charge is 0.227 e. The zero-order valence-electron chi connectivity index (χ0n) is 24.1. The second-order valence-electron chi connectivity index (χ2n) is 11.0. The van der Waals surface area contributed by atoms with Crippen LogP contribution in [-0.2, 0) is 0 Å². The van der Waals surface area contributed by atoms with E-state index in [1.807, 2.05) is 31.6 Å². The molecule has 0 aliphatic rings. The summed E-state index contributed by atoms with van der Waals surface area (Å²) in [7, 11) is 0. The van der Waals surface area contributed by atoms with Crippen molar-refractivity contribution in [2.24, 2.45) is 0 Å². The lowest BCUT2D eigenvalue weighted by Gasteiger charge is -2.12. The monoisotopic (exact) mass is 565 g/mol. The first-order chi connectivity index (χ1) is 21.7. The fraction of sp³-hybridized carbons (Fsp3) is 0.0250. The Morgan fingerprint density at radius 2 is 1.16 bits per heavy atom. The first-order valence-electron chi connectivity index (χ1n) is 14.7. The van der Waals surface area contributed by atoms with Gasteiger partial charge in [0, 0.05) is 46.2 Å². The van der Waals surface area contributed by atoms with Crippen LogP contribution in [0.15, 0.2) is 150 Å². The summed E-state index contributed by atoms with van der Waals surface area (Å²) in [5.41, 5.74) is 13.5. The zero-order valence-corrected chi connectivity index (χ0v) is 24.1. The lowest BCUT2D eigenvalue weighted by Crippen LogP contribution is -1.88. The van der Waals surface area contributed by atoms with Gasteiger partial charge in [0.05, 0.1) is 5.69 Å². The number of para-hydroxylation sites is 1. The topological polar surface area (TPSA) is 51.8 Å². The van der Waals surface area contributed by atoms with Crippen LogP contribution in [0.5, 0.6) is 0 Å². The van der Waals surface area contributed by atoms with E-state index in [4.69, 9.17) is 9.40 Å². The number of aromatic nitrogens is 3. The van der Waals surface area contributed by atoms with Gasteiger partial charge in [0.2, 0.25) is 5.71 Å². The van der Waals surface area contributed by atoms with Crippen molar-refractivity contribution in [3.05, 3.63) is 152 Å². The molecule has 0 N–H and O–H groups in total. The Hall–Kier alpha value is -5.87. The Balaban J connectivity index is 1.12. The predicted octanol–water partition coefficient (Wildman–Crippen LogP) is 10.4. The van der Waals surface area contributed by atoms with E-state index < -0.39 is 0 Å². The van der Waals surface area contributed by atoms with Gasteiger partial charge in [0.15, 0.2) is 0 Å². The number of benzene rings is 4. The molecule has 44 heavy (non-hydrogen) atoms. The number of nitrogens with zero attached hydrogens (tertiary/aromatic N) is 3. The molecule has 0 aliphatic carbocycles. The summed E-state index contributed by atoms with van der Waals surface area (Å²) < 4.78 is 6.22. The second-order valence-corrected chi connectivity index (χ2v) is 11.0. The van der Waals surface area contributed by atoms with Crippen molar-refractivity contribution < 1.29 is 4.42 Å². The number of fused-ring (bicyclic) bond motifs is 3. The molecule has 0 saturated heterocycles. The summed E-state index contributed by atoms with van der Waals surface area (Å²) in [4.78, 5) is 13.7. The van der Waals surface area contributed by atoms with Crippen LogP contribution in [0.4, 0.5) is 0 Å². The van der Waals surface area contributed by atoms with Crippen LogP contribution in [0, 0.1) is 6.92 Å². The van der Waals surface area contributed by atoms with Gasteiger partial charge in [-0.05, 0) is 94.4 Å². The Morgan fingerprint density at radius 1 is 0.500 bits per heavy atom. The number of hydrogen-bond acceptors (Lipinski definition) is 4. The molecule has 0 atom stereocenters. The van der Waals surface area contributed by atoms with Crippen molar-refractivity contribution in [3.8, 4) is 55.8 Å². The summed E-state index contributed by atoms with van der Waals surface area (Å²) >= 11 is 0. The average Bonchev–Trinajstić information content (AvgIpc) is 3.47. The summed E-state index contributed by atoms with van der Waals surface area (Å²) in [5.74, 6) is 0. The standard InChI is InChI=1S/C40H27N3O/c1-26-15-17-36-35-13-6-14-37(39(35)44-40(36)43-26)38-18-16-32(25-42-38)30-9-4-7-28(23-30)29-8-5-10-31(24-29)34-12-3-2-11-33(34)27-19-21-41-22-20-27/h2-25H,1H3. The molecule has 0 saturated carbocycles. The zero-order chi connectivity index (χ0) is 29.5. The summed E-state index contributed by atoms with van der Waals surface area (Å²) in [5, 5.41) is 2.07. The van der Waals surface area contributed by atoms with Crippen molar-refractivity contribution in [2.75, 3.05) is 0 Å². The molecule has 4 heteroatoms. The first-order valence-corrected chi connectivity index (χ1v) is 14.7. The van der Waals surface area contributed by atoms with E-state index in [-0.39, 0.29) is 0 Å². The van der Waals surface area contributed by atoms with Gasteiger partial charge in [-0.1, -0.05) is 78.9 Å². The maximum atomic E-state index is 6.22. The molecular formula is C40H27N3O. The van der Waals surface area contributed by atoms with Crippen molar-refractivity contribution in [1.82, 2.24) is 15.0 Å². The van der Waals surface area contributed by atoms with E-state index in [1.54, 1.807) is 0 Å². The van der Waals surface area contributed by atoms with Crippen molar-refractivity contribution in [1.29, 1.82) is 0 Å². The molecule has 4 heterocycles. The van der Waals surface area contributed by atoms with E-state index in [0.29, 0.717) is 5.71 Å². The van der Waals surface area contributed by atoms with Gasteiger partial charge >= 0.3 is 0 Å². The number of hydrogen-bond donors (Lipinski definition) is 0. The van der Waals surface area contributed by atoms with E-state index in [2.05, 4.69) is 131 Å². The van der Waals surface area contributed by atoms with Crippen LogP contribution in [0.25, 0.3) is 77.8 Å². The van der Waals surface area contributed by atoms with Gasteiger partial charge in [-0.25, -0.2) is 4.98 Å². The quantitative estimate of drug-likeness (QED) is 0.208. The molecule has 0 fully saturated rings. The van der Waals surface area contributed by atoms with Crippen molar-refractivity contribution in [2.45, 2.75) is 6.92 Å². The molecule has 0 spiro atoms. The van der Waals surface area contributed by atoms with E-state index >= 15 is 0 Å². The van der Waals surface area contributed by atoms with Gasteiger partial charge in [-0.3, -0.25) is 9.97 Å². The molecule has 0 aliphatic heterocycles. The molecule has 208 valence electrons. The molecule has 8 rings (SSSR count). The van der Waals surface area contributed by atoms with Crippen LogP contribution in [0.1, 0.15) is 5.69 Å². The maximum absolute atomic E-state index is 6.22. The SMILES string of the molecule is Cc1ccc2c(n1)oc1c(-c3ccc(-c4cccc(-c5cccc(-c6ccccc6-c6ccncc6)c5)c4)cn3)cccc12. The van der Waals surface area contributed by atoms with E-state index in [9.17, 15) is 0 Å². The molecule has 0 bridgehead atoms. The number of pyridine rings is 3. The maximum Gasteiger partial charge on any atom is 0.227 e. The summed E-state index contributed by atoms with van der Waals surface area (Å²) in [6.45, 7) is 1.97. The van der Waals surface area contributed by atoms with Gasteiger partial charge in [0.25, 0.3) is 0 Å². The normalized spacial score (nSPS) is 11.3. The fourth-order valence-electron chi connectivity index (χ4n) is 5.96. The van der Waals surface area contributed by atoms with E-state index in [1.165, 1.54) is 22.3 Å². The Labute approximate surface area is 255 Å². The van der Waals surface area contributed by atoms with Gasteiger partial charge in [-0.15, -0.1) is 0 Å². The Morgan fingerprint density at radius 3 is 1.91 bits per heavy atom. The summed E-state index contributed by atoms with van der Waals surface area (Å²) in [6, 6.07) is 44.5. The van der Waals surface area contributed by atoms with Crippen LogP contribution in [-0.4, -0.2) is 15.0 Å². The van der Waals surface area contributed by atoms with Crippen molar-refractivity contribution >= 4 is 22.1 Å².